The monoisotopic (exact) mass is 437 g/mol. The summed E-state index contributed by atoms with van der Waals surface area (Å²) >= 11 is 2.78. The van der Waals surface area contributed by atoms with Crippen LogP contribution in [0.25, 0.3) is 0 Å². The van der Waals surface area contributed by atoms with Crippen LogP contribution in [0, 0.1) is 0 Å². The molecular formula is C20H27N3O4S2. The molecule has 0 N–H and O–H groups in total. The van der Waals surface area contributed by atoms with Crippen LogP contribution in [-0.2, 0) is 14.3 Å². The van der Waals surface area contributed by atoms with Crippen LogP contribution in [-0.4, -0.2) is 70.3 Å². The van der Waals surface area contributed by atoms with E-state index >= 15 is 0 Å². The second-order valence-corrected chi connectivity index (χ2v) is 8.37. The molecule has 1 heterocycles. The zero-order valence-corrected chi connectivity index (χ0v) is 19.0. The van der Waals surface area contributed by atoms with Crippen LogP contribution in [0.4, 0.5) is 4.79 Å². The molecule has 158 valence electrons. The zero-order chi connectivity index (χ0) is 21.6. The normalized spacial score (nSPS) is 19.8. The number of likely N-dealkylation sites (N-methyl/N-ethyl adjacent to an activating group) is 1. The van der Waals surface area contributed by atoms with E-state index in [-0.39, 0.29) is 19.1 Å². The molecule has 0 radical (unpaired) electrons. The first kappa shape index (κ1) is 23.3. The molecule has 3 amide bonds. The Balaban J connectivity index is 2.43. The standard InChI is InChI=1S/C20H27N3O4S2/c1-6-27-16(24)12-15(21-19(28-4)29-5)18(25)23-17(13(2)22(3)20(23)26)14-10-8-7-9-11-14/h7-11,13,15,17H,6,12H2,1-5H3/t13-,15-,17-/m0/s1. The molecule has 0 aromatic heterocycles. The average Bonchev–Trinajstić information content (AvgIpc) is 2.95. The van der Waals surface area contributed by atoms with Gasteiger partial charge in [0.15, 0.2) is 0 Å². The number of carbonyl (C=O) groups is 3. The minimum Gasteiger partial charge on any atom is -0.466 e. The van der Waals surface area contributed by atoms with Gasteiger partial charge in [0.05, 0.1) is 25.1 Å². The quantitative estimate of drug-likeness (QED) is 0.385. The minimum absolute atomic E-state index is 0.207. The lowest BCUT2D eigenvalue weighted by atomic mass is 9.99. The number of thioether (sulfide) groups is 2. The predicted molar refractivity (Wildman–Crippen MR) is 118 cm³/mol. The van der Waals surface area contributed by atoms with Crippen LogP contribution < -0.4 is 0 Å². The van der Waals surface area contributed by atoms with Crippen molar-refractivity contribution in [1.82, 2.24) is 9.80 Å². The number of hydrogen-bond acceptors (Lipinski definition) is 7. The van der Waals surface area contributed by atoms with E-state index in [1.165, 1.54) is 28.4 Å². The first-order chi connectivity index (χ1) is 13.8. The van der Waals surface area contributed by atoms with Crippen LogP contribution in [0.5, 0.6) is 0 Å². The maximum atomic E-state index is 13.5. The third-order valence-corrected chi connectivity index (χ3v) is 6.70. The van der Waals surface area contributed by atoms with Gasteiger partial charge >= 0.3 is 12.0 Å². The summed E-state index contributed by atoms with van der Waals surface area (Å²) in [6.45, 7) is 3.83. The van der Waals surface area contributed by atoms with Gasteiger partial charge in [-0.05, 0) is 31.9 Å². The van der Waals surface area contributed by atoms with E-state index < -0.39 is 30.0 Å². The molecular weight excluding hydrogens is 410 g/mol. The fourth-order valence-electron chi connectivity index (χ4n) is 3.24. The van der Waals surface area contributed by atoms with Crippen molar-refractivity contribution in [2.24, 2.45) is 4.99 Å². The molecule has 1 aliphatic rings. The number of benzene rings is 1. The van der Waals surface area contributed by atoms with Crippen LogP contribution >= 0.6 is 23.5 Å². The van der Waals surface area contributed by atoms with E-state index in [2.05, 4.69) is 4.99 Å². The highest BCUT2D eigenvalue weighted by molar-refractivity contribution is 8.38. The molecule has 0 unspecified atom stereocenters. The summed E-state index contributed by atoms with van der Waals surface area (Å²) in [7, 11) is 1.68. The van der Waals surface area contributed by atoms with Gasteiger partial charge in [0.25, 0.3) is 5.91 Å². The number of nitrogens with zero attached hydrogens (tertiary/aromatic N) is 3. The van der Waals surface area contributed by atoms with Crippen molar-refractivity contribution < 1.29 is 19.1 Å². The Morgan fingerprint density at radius 2 is 1.83 bits per heavy atom. The number of carbonyl (C=O) groups excluding carboxylic acids is 3. The van der Waals surface area contributed by atoms with Gasteiger partial charge in [-0.2, -0.15) is 0 Å². The summed E-state index contributed by atoms with van der Waals surface area (Å²) in [5.41, 5.74) is 0.861. The number of esters is 1. The number of hydrogen-bond donors (Lipinski definition) is 0. The molecule has 29 heavy (non-hydrogen) atoms. The fourth-order valence-corrected chi connectivity index (χ4v) is 4.37. The number of urea groups is 1. The third kappa shape index (κ3) is 5.33. The molecule has 9 heteroatoms. The highest BCUT2D eigenvalue weighted by Gasteiger charge is 2.47. The lowest BCUT2D eigenvalue weighted by Gasteiger charge is -2.26. The Kier molecular flexibility index (Phi) is 8.58. The molecule has 3 atom stereocenters. The number of aliphatic imine (C=N–C) groups is 1. The molecule has 0 bridgehead atoms. The van der Waals surface area contributed by atoms with Crippen molar-refractivity contribution in [3.05, 3.63) is 35.9 Å². The van der Waals surface area contributed by atoms with Crippen molar-refractivity contribution in [2.45, 2.75) is 38.4 Å². The molecule has 2 rings (SSSR count). The average molecular weight is 438 g/mol. The first-order valence-electron chi connectivity index (χ1n) is 9.31. The highest BCUT2D eigenvalue weighted by atomic mass is 32.2. The smallest absolute Gasteiger partial charge is 0.327 e. The highest BCUT2D eigenvalue weighted by Crippen LogP contribution is 2.35. The summed E-state index contributed by atoms with van der Waals surface area (Å²) in [5.74, 6) is -1.01. The van der Waals surface area contributed by atoms with Crippen molar-refractivity contribution >= 4 is 45.8 Å². The Morgan fingerprint density at radius 3 is 2.38 bits per heavy atom. The third-order valence-electron chi connectivity index (χ3n) is 4.79. The molecule has 1 aromatic rings. The second-order valence-electron chi connectivity index (χ2n) is 6.53. The van der Waals surface area contributed by atoms with Crippen molar-refractivity contribution in [1.29, 1.82) is 0 Å². The maximum Gasteiger partial charge on any atom is 0.327 e. The minimum atomic E-state index is -1.02. The SMILES string of the molecule is CCOC(=O)C[C@H](N=C(SC)SC)C(=O)N1C(=O)N(C)[C@@H](C)[C@H]1c1ccccc1. The molecule has 0 saturated carbocycles. The van der Waals surface area contributed by atoms with Crippen LogP contribution in [0.1, 0.15) is 31.9 Å². The van der Waals surface area contributed by atoms with E-state index in [0.717, 1.165) is 5.56 Å². The molecule has 1 aliphatic heterocycles. The first-order valence-corrected chi connectivity index (χ1v) is 11.8. The van der Waals surface area contributed by atoms with Gasteiger partial charge < -0.3 is 9.64 Å². The Morgan fingerprint density at radius 1 is 1.21 bits per heavy atom. The predicted octanol–water partition coefficient (Wildman–Crippen LogP) is 3.41. The van der Waals surface area contributed by atoms with Gasteiger partial charge in [-0.1, -0.05) is 30.3 Å². The molecule has 0 aliphatic carbocycles. The van der Waals surface area contributed by atoms with Gasteiger partial charge in [0.1, 0.15) is 10.4 Å². The summed E-state index contributed by atoms with van der Waals surface area (Å²) in [6, 6.07) is 7.36. The van der Waals surface area contributed by atoms with E-state index in [4.69, 9.17) is 4.74 Å². The lowest BCUT2D eigenvalue weighted by molar-refractivity contribution is -0.146. The van der Waals surface area contributed by atoms with Crippen molar-refractivity contribution in [2.75, 3.05) is 26.2 Å². The van der Waals surface area contributed by atoms with E-state index in [0.29, 0.717) is 4.38 Å². The molecule has 1 aromatic carbocycles. The van der Waals surface area contributed by atoms with E-state index in [1.54, 1.807) is 18.9 Å². The Bertz CT molecular complexity index is 766. The van der Waals surface area contributed by atoms with Gasteiger partial charge in [0.2, 0.25) is 0 Å². The number of imide groups is 1. The Labute approximate surface area is 180 Å². The zero-order valence-electron chi connectivity index (χ0n) is 17.3. The number of amides is 3. The maximum absolute atomic E-state index is 13.5. The van der Waals surface area contributed by atoms with Crippen molar-refractivity contribution in [3.63, 3.8) is 0 Å². The van der Waals surface area contributed by atoms with Crippen LogP contribution in [0.2, 0.25) is 0 Å². The Hall–Kier alpha value is -2.00. The van der Waals surface area contributed by atoms with E-state index in [1.807, 2.05) is 49.8 Å². The van der Waals surface area contributed by atoms with Gasteiger partial charge in [-0.15, -0.1) is 23.5 Å². The summed E-state index contributed by atoms with van der Waals surface area (Å²) in [5, 5.41) is 0. The molecule has 1 saturated heterocycles. The molecule has 0 spiro atoms. The number of ether oxygens (including phenoxy) is 1. The summed E-state index contributed by atoms with van der Waals surface area (Å²) < 4.78 is 5.69. The topological polar surface area (TPSA) is 79.3 Å². The second kappa shape index (κ2) is 10.7. The largest absolute Gasteiger partial charge is 0.466 e. The molecule has 7 nitrogen and oxygen atoms in total. The van der Waals surface area contributed by atoms with Crippen molar-refractivity contribution in [3.8, 4) is 0 Å². The fraction of sp³-hybridized carbons (Fsp3) is 0.500. The molecule has 1 fully saturated rings. The summed E-state index contributed by atoms with van der Waals surface area (Å²) in [4.78, 5) is 45.8. The van der Waals surface area contributed by atoms with Crippen LogP contribution in [0.3, 0.4) is 0 Å². The number of rotatable bonds is 6. The van der Waals surface area contributed by atoms with Gasteiger partial charge in [-0.3, -0.25) is 19.5 Å². The summed E-state index contributed by atoms with van der Waals surface area (Å²) in [6.07, 6.45) is 3.50. The van der Waals surface area contributed by atoms with Crippen LogP contribution in [0.15, 0.2) is 35.3 Å². The lowest BCUT2D eigenvalue weighted by Crippen LogP contribution is -2.43. The van der Waals surface area contributed by atoms with Gasteiger partial charge in [-0.25, -0.2) is 4.79 Å². The van der Waals surface area contributed by atoms with Gasteiger partial charge in [0, 0.05) is 7.05 Å². The van der Waals surface area contributed by atoms with E-state index in [9.17, 15) is 14.4 Å².